The van der Waals surface area contributed by atoms with Crippen LogP contribution in [0.2, 0.25) is 0 Å². The second-order valence-electron chi connectivity index (χ2n) is 7.82. The maximum atomic E-state index is 12.6. The van der Waals surface area contributed by atoms with Crippen LogP contribution in [0.5, 0.6) is 11.5 Å². The molecule has 0 saturated carbocycles. The average Bonchev–Trinajstić information content (AvgIpc) is 3.37. The summed E-state index contributed by atoms with van der Waals surface area (Å²) in [6.07, 6.45) is 3.38. The van der Waals surface area contributed by atoms with Gasteiger partial charge in [0.15, 0.2) is 17.3 Å². The standard InChI is InChI=1S/C24H26N4O5/c1-31-20-8-6-17(15-21(20)32-2)23-26-24(33-27-23)16-10-13-28(14-11-16)22(30)9-7-19(29)18-5-3-4-12-25-18/h3-6,8,12,15-16H,7,9-11,13-14H2,1-2H3. The van der Waals surface area contributed by atoms with E-state index in [2.05, 4.69) is 15.1 Å². The van der Waals surface area contributed by atoms with Crippen molar-refractivity contribution >= 4 is 11.7 Å². The van der Waals surface area contributed by atoms with Crippen molar-refractivity contribution in [2.45, 2.75) is 31.6 Å². The van der Waals surface area contributed by atoms with E-state index in [9.17, 15) is 9.59 Å². The number of pyridine rings is 1. The molecule has 172 valence electrons. The second kappa shape index (κ2) is 10.2. The number of ketones is 1. The van der Waals surface area contributed by atoms with Crippen LogP contribution < -0.4 is 9.47 Å². The van der Waals surface area contributed by atoms with Crippen LogP contribution in [0, 0.1) is 0 Å². The van der Waals surface area contributed by atoms with E-state index in [4.69, 9.17) is 14.0 Å². The summed E-state index contributed by atoms with van der Waals surface area (Å²) in [5, 5.41) is 4.12. The highest BCUT2D eigenvalue weighted by atomic mass is 16.5. The Kier molecular flexibility index (Phi) is 6.97. The molecule has 2 aromatic heterocycles. The van der Waals surface area contributed by atoms with E-state index in [1.807, 2.05) is 6.07 Å². The van der Waals surface area contributed by atoms with Crippen molar-refractivity contribution in [1.82, 2.24) is 20.0 Å². The van der Waals surface area contributed by atoms with Gasteiger partial charge in [-0.1, -0.05) is 11.2 Å². The molecular weight excluding hydrogens is 424 g/mol. The van der Waals surface area contributed by atoms with E-state index >= 15 is 0 Å². The third-order valence-electron chi connectivity index (χ3n) is 5.80. The molecule has 0 atom stereocenters. The fraction of sp³-hybridized carbons (Fsp3) is 0.375. The number of rotatable bonds is 8. The van der Waals surface area contributed by atoms with Crippen LogP contribution in [0.15, 0.2) is 47.1 Å². The van der Waals surface area contributed by atoms with Crippen LogP contribution in [0.1, 0.15) is 48.0 Å². The van der Waals surface area contributed by atoms with Crippen molar-refractivity contribution in [3.05, 3.63) is 54.2 Å². The van der Waals surface area contributed by atoms with Gasteiger partial charge < -0.3 is 18.9 Å². The van der Waals surface area contributed by atoms with E-state index in [-0.39, 0.29) is 30.4 Å². The molecule has 1 amide bonds. The average molecular weight is 450 g/mol. The Balaban J connectivity index is 1.31. The van der Waals surface area contributed by atoms with Crippen LogP contribution >= 0.6 is 0 Å². The number of piperidine rings is 1. The van der Waals surface area contributed by atoms with Crippen molar-refractivity contribution in [3.63, 3.8) is 0 Å². The molecule has 0 spiro atoms. The Morgan fingerprint density at radius 3 is 2.55 bits per heavy atom. The Morgan fingerprint density at radius 1 is 1.06 bits per heavy atom. The van der Waals surface area contributed by atoms with Crippen molar-refractivity contribution < 1.29 is 23.6 Å². The summed E-state index contributed by atoms with van der Waals surface area (Å²) in [6.45, 7) is 1.19. The first-order valence-corrected chi connectivity index (χ1v) is 10.9. The lowest BCUT2D eigenvalue weighted by Crippen LogP contribution is -2.38. The highest BCUT2D eigenvalue weighted by Crippen LogP contribution is 2.33. The van der Waals surface area contributed by atoms with E-state index < -0.39 is 0 Å². The summed E-state index contributed by atoms with van der Waals surface area (Å²) in [6, 6.07) is 10.6. The number of benzene rings is 1. The minimum atomic E-state index is -0.118. The van der Waals surface area contributed by atoms with Gasteiger partial charge in [0.05, 0.1) is 14.2 Å². The Morgan fingerprint density at radius 2 is 1.85 bits per heavy atom. The van der Waals surface area contributed by atoms with Crippen molar-refractivity contribution in [3.8, 4) is 22.9 Å². The SMILES string of the molecule is COc1ccc(-c2noc(C3CCN(C(=O)CCC(=O)c4ccccn4)CC3)n2)cc1OC. The predicted octanol–water partition coefficient (Wildman–Crippen LogP) is 3.52. The summed E-state index contributed by atoms with van der Waals surface area (Å²) in [4.78, 5) is 35.2. The Hall–Kier alpha value is -3.75. The lowest BCUT2D eigenvalue weighted by Gasteiger charge is -2.30. The molecule has 9 nitrogen and oxygen atoms in total. The van der Waals surface area contributed by atoms with Crippen LogP contribution in [0.4, 0.5) is 0 Å². The van der Waals surface area contributed by atoms with E-state index in [0.717, 1.165) is 18.4 Å². The molecule has 4 rings (SSSR count). The summed E-state index contributed by atoms with van der Waals surface area (Å²) in [5.41, 5.74) is 1.17. The largest absolute Gasteiger partial charge is 0.493 e. The number of carbonyl (C=O) groups excluding carboxylic acids is 2. The smallest absolute Gasteiger partial charge is 0.230 e. The zero-order chi connectivity index (χ0) is 23.2. The van der Waals surface area contributed by atoms with Crippen molar-refractivity contribution in [1.29, 1.82) is 0 Å². The summed E-state index contributed by atoms with van der Waals surface area (Å²) < 4.78 is 16.1. The molecule has 1 aliphatic heterocycles. The van der Waals surface area contributed by atoms with Gasteiger partial charge in [0.25, 0.3) is 0 Å². The lowest BCUT2D eigenvalue weighted by molar-refractivity contribution is -0.132. The maximum absolute atomic E-state index is 12.6. The first-order chi connectivity index (χ1) is 16.1. The molecular formula is C24H26N4O5. The molecule has 0 radical (unpaired) electrons. The first-order valence-electron chi connectivity index (χ1n) is 10.9. The van der Waals surface area contributed by atoms with Crippen LogP contribution in [0.25, 0.3) is 11.4 Å². The maximum Gasteiger partial charge on any atom is 0.230 e. The Labute approximate surface area is 191 Å². The highest BCUT2D eigenvalue weighted by Gasteiger charge is 2.28. The second-order valence-corrected chi connectivity index (χ2v) is 7.82. The molecule has 33 heavy (non-hydrogen) atoms. The Bertz CT molecular complexity index is 1110. The first kappa shape index (κ1) is 22.4. The number of likely N-dealkylation sites (tertiary alicyclic amines) is 1. The van der Waals surface area contributed by atoms with Gasteiger partial charge in [0.1, 0.15) is 5.69 Å². The molecule has 3 heterocycles. The number of carbonyl (C=O) groups is 2. The summed E-state index contributed by atoms with van der Waals surface area (Å²) >= 11 is 0. The van der Waals surface area contributed by atoms with E-state index in [1.54, 1.807) is 55.6 Å². The van der Waals surface area contributed by atoms with E-state index in [1.165, 1.54) is 0 Å². The molecule has 1 aliphatic rings. The summed E-state index contributed by atoms with van der Waals surface area (Å²) in [7, 11) is 3.16. The normalized spacial score (nSPS) is 14.2. The highest BCUT2D eigenvalue weighted by molar-refractivity contribution is 5.96. The molecule has 0 unspecified atom stereocenters. The topological polar surface area (TPSA) is 108 Å². The van der Waals surface area contributed by atoms with E-state index in [0.29, 0.717) is 42.0 Å². The van der Waals surface area contributed by atoms with Gasteiger partial charge in [0.2, 0.25) is 17.6 Å². The quantitative estimate of drug-likeness (QED) is 0.480. The van der Waals surface area contributed by atoms with Gasteiger partial charge in [-0.25, -0.2) is 0 Å². The molecule has 3 aromatic rings. The number of ether oxygens (including phenoxy) is 2. The lowest BCUT2D eigenvalue weighted by atomic mass is 9.96. The number of amides is 1. The molecule has 0 N–H and O–H groups in total. The summed E-state index contributed by atoms with van der Waals surface area (Å²) in [5.74, 6) is 2.22. The molecule has 1 aromatic carbocycles. The molecule has 0 aliphatic carbocycles. The van der Waals surface area contributed by atoms with Gasteiger partial charge in [-0.15, -0.1) is 0 Å². The number of hydrogen-bond acceptors (Lipinski definition) is 8. The van der Waals surface area contributed by atoms with Gasteiger partial charge in [0, 0.05) is 43.6 Å². The monoisotopic (exact) mass is 450 g/mol. The van der Waals surface area contributed by atoms with Gasteiger partial charge in [-0.3, -0.25) is 14.6 Å². The minimum Gasteiger partial charge on any atom is -0.493 e. The van der Waals surface area contributed by atoms with Crippen LogP contribution in [-0.4, -0.2) is 59.0 Å². The molecule has 9 heteroatoms. The molecule has 1 fully saturated rings. The molecule has 0 bridgehead atoms. The third-order valence-corrected chi connectivity index (χ3v) is 5.80. The predicted molar refractivity (Wildman–Crippen MR) is 119 cm³/mol. The molecule has 1 saturated heterocycles. The zero-order valence-electron chi connectivity index (χ0n) is 18.7. The van der Waals surface area contributed by atoms with Crippen molar-refractivity contribution in [2.75, 3.05) is 27.3 Å². The minimum absolute atomic E-state index is 0.0192. The zero-order valence-corrected chi connectivity index (χ0v) is 18.7. The van der Waals surface area contributed by atoms with Gasteiger partial charge in [-0.2, -0.15) is 4.98 Å². The number of aromatic nitrogens is 3. The number of hydrogen-bond donors (Lipinski definition) is 0. The van der Waals surface area contributed by atoms with Crippen LogP contribution in [0.3, 0.4) is 0 Å². The fourth-order valence-corrected chi connectivity index (χ4v) is 3.90. The van der Waals surface area contributed by atoms with Gasteiger partial charge >= 0.3 is 0 Å². The number of Topliss-reactive ketones (excluding diaryl/α,β-unsaturated/α-hetero) is 1. The number of methoxy groups -OCH3 is 2. The third kappa shape index (κ3) is 5.19. The van der Waals surface area contributed by atoms with Crippen LogP contribution in [-0.2, 0) is 4.79 Å². The fourth-order valence-electron chi connectivity index (χ4n) is 3.90. The van der Waals surface area contributed by atoms with Gasteiger partial charge in [-0.05, 0) is 43.2 Å². The van der Waals surface area contributed by atoms with Crippen molar-refractivity contribution in [2.24, 2.45) is 0 Å². The number of nitrogens with zero attached hydrogens (tertiary/aromatic N) is 4.